The van der Waals surface area contributed by atoms with Crippen LogP contribution >= 0.6 is 0 Å². The van der Waals surface area contributed by atoms with Crippen molar-refractivity contribution in [3.8, 4) is 11.5 Å². The zero-order valence-electron chi connectivity index (χ0n) is 15.2. The molecule has 0 bridgehead atoms. The second kappa shape index (κ2) is 8.61. The molecular weight excluding hydrogens is 392 g/mol. The molecule has 150 valence electrons. The van der Waals surface area contributed by atoms with Crippen LogP contribution in [0.15, 0.2) is 70.6 Å². The number of hydrogen-bond acceptors (Lipinski definition) is 8. The number of nitrogens with zero attached hydrogens (tertiary/aromatic N) is 4. The number of nitro benzene ring substituents is 2. The molecule has 0 aliphatic heterocycles. The minimum absolute atomic E-state index is 0.0657. The number of phenolic OH excluding ortho intramolecular Hbond substituents is 2. The van der Waals surface area contributed by atoms with Crippen molar-refractivity contribution in [3.63, 3.8) is 0 Å². The highest BCUT2D eigenvalue weighted by Crippen LogP contribution is 2.31. The van der Waals surface area contributed by atoms with E-state index in [1.807, 2.05) is 0 Å². The molecule has 0 saturated carbocycles. The summed E-state index contributed by atoms with van der Waals surface area (Å²) in [5.41, 5.74) is 1.09. The molecule has 0 aromatic heterocycles. The average Bonchev–Trinajstić information content (AvgIpc) is 2.73. The topological polar surface area (TPSA) is 151 Å². The molecule has 10 nitrogen and oxygen atoms in total. The molecule has 0 radical (unpaired) electrons. The van der Waals surface area contributed by atoms with Gasteiger partial charge in [0, 0.05) is 36.7 Å². The van der Waals surface area contributed by atoms with Crippen molar-refractivity contribution in [1.82, 2.24) is 0 Å². The average molecular weight is 406 g/mol. The Balaban J connectivity index is 1.76. The minimum Gasteiger partial charge on any atom is -0.506 e. The van der Waals surface area contributed by atoms with Crippen LogP contribution in [0.2, 0.25) is 0 Å². The van der Waals surface area contributed by atoms with Gasteiger partial charge >= 0.3 is 0 Å². The van der Waals surface area contributed by atoms with Crippen molar-refractivity contribution in [2.45, 2.75) is 0 Å². The number of hydrogen-bond donors (Lipinski definition) is 2. The molecule has 0 spiro atoms. The van der Waals surface area contributed by atoms with Crippen LogP contribution in [0.1, 0.15) is 11.1 Å². The van der Waals surface area contributed by atoms with Crippen LogP contribution in [-0.2, 0) is 0 Å². The third-order valence-corrected chi connectivity index (χ3v) is 3.98. The predicted molar refractivity (Wildman–Crippen MR) is 110 cm³/mol. The van der Waals surface area contributed by atoms with E-state index in [0.717, 1.165) is 0 Å². The number of non-ortho nitro benzene ring substituents is 2. The first-order valence-corrected chi connectivity index (χ1v) is 8.46. The largest absolute Gasteiger partial charge is 0.506 e. The molecule has 0 atom stereocenters. The summed E-state index contributed by atoms with van der Waals surface area (Å²) in [5.74, 6) is -0.366. The van der Waals surface area contributed by atoms with Crippen molar-refractivity contribution in [2.24, 2.45) is 9.98 Å². The second-order valence-electron chi connectivity index (χ2n) is 6.04. The first-order valence-electron chi connectivity index (χ1n) is 8.46. The van der Waals surface area contributed by atoms with Crippen LogP contribution in [0.25, 0.3) is 0 Å². The standard InChI is InChI=1S/C20H14N4O6/c25-19-7-5-15(23(27)28)9-17(19)21-11-13-1-2-14(4-3-13)12-22-18-10-16(24(29)30)6-8-20(18)26/h1-12,25-26H. The fourth-order valence-electron chi connectivity index (χ4n) is 2.41. The quantitative estimate of drug-likeness (QED) is 0.351. The molecule has 0 saturated heterocycles. The van der Waals surface area contributed by atoms with Gasteiger partial charge in [0.2, 0.25) is 0 Å². The summed E-state index contributed by atoms with van der Waals surface area (Å²) in [6.07, 6.45) is 2.87. The number of rotatable bonds is 6. The zero-order chi connectivity index (χ0) is 21.7. The van der Waals surface area contributed by atoms with Gasteiger partial charge in [-0.15, -0.1) is 0 Å². The maximum atomic E-state index is 10.8. The molecular formula is C20H14N4O6. The molecule has 10 heteroatoms. The van der Waals surface area contributed by atoms with Crippen LogP contribution in [0, 0.1) is 20.2 Å². The molecule has 0 unspecified atom stereocenters. The Morgan fingerprint density at radius 3 is 1.37 bits per heavy atom. The number of aliphatic imine (C=N–C) groups is 2. The van der Waals surface area contributed by atoms with Crippen LogP contribution < -0.4 is 0 Å². The molecule has 0 aliphatic carbocycles. The van der Waals surface area contributed by atoms with E-state index in [4.69, 9.17) is 0 Å². The van der Waals surface area contributed by atoms with E-state index in [1.165, 1.54) is 48.8 Å². The van der Waals surface area contributed by atoms with Crippen molar-refractivity contribution in [2.75, 3.05) is 0 Å². The summed E-state index contributed by atoms with van der Waals surface area (Å²) >= 11 is 0. The smallest absolute Gasteiger partial charge is 0.271 e. The Kier molecular flexibility index (Phi) is 5.78. The van der Waals surface area contributed by atoms with Crippen LogP contribution in [0.4, 0.5) is 22.7 Å². The predicted octanol–water partition coefficient (Wildman–Crippen LogP) is 4.42. The Morgan fingerprint density at radius 2 is 1.03 bits per heavy atom. The maximum Gasteiger partial charge on any atom is 0.271 e. The van der Waals surface area contributed by atoms with Gasteiger partial charge in [0.05, 0.1) is 9.85 Å². The molecule has 3 rings (SSSR count). The SMILES string of the molecule is O=[N+]([O-])c1ccc(O)c(N=Cc2ccc(C=Nc3cc([N+](=O)[O-])ccc3O)cc2)c1. The summed E-state index contributed by atoms with van der Waals surface area (Å²) < 4.78 is 0. The lowest BCUT2D eigenvalue weighted by atomic mass is 10.1. The molecule has 0 aliphatic rings. The molecule has 30 heavy (non-hydrogen) atoms. The Bertz CT molecular complexity index is 1080. The van der Waals surface area contributed by atoms with Crippen LogP contribution in [-0.4, -0.2) is 32.5 Å². The van der Waals surface area contributed by atoms with E-state index in [9.17, 15) is 30.4 Å². The van der Waals surface area contributed by atoms with Crippen LogP contribution in [0.5, 0.6) is 11.5 Å². The van der Waals surface area contributed by atoms with E-state index in [0.29, 0.717) is 11.1 Å². The number of phenols is 2. The van der Waals surface area contributed by atoms with E-state index in [2.05, 4.69) is 9.98 Å². The molecule has 0 amide bonds. The fraction of sp³-hybridized carbons (Fsp3) is 0. The van der Waals surface area contributed by atoms with Crippen molar-refractivity contribution in [1.29, 1.82) is 0 Å². The number of aromatic hydroxyl groups is 2. The van der Waals surface area contributed by atoms with Gasteiger partial charge in [-0.25, -0.2) is 0 Å². The summed E-state index contributed by atoms with van der Waals surface area (Å²) in [6.45, 7) is 0. The normalized spacial score (nSPS) is 11.2. The minimum atomic E-state index is -0.578. The van der Waals surface area contributed by atoms with Crippen molar-refractivity contribution in [3.05, 3.63) is 92.0 Å². The maximum absolute atomic E-state index is 10.8. The Hall–Kier alpha value is -4.60. The third kappa shape index (κ3) is 4.81. The van der Waals surface area contributed by atoms with E-state index in [-0.39, 0.29) is 34.2 Å². The highest BCUT2D eigenvalue weighted by Gasteiger charge is 2.10. The number of nitro groups is 2. The van der Waals surface area contributed by atoms with Gasteiger partial charge in [-0.2, -0.15) is 0 Å². The van der Waals surface area contributed by atoms with Gasteiger partial charge in [0.15, 0.2) is 0 Å². The fourth-order valence-corrected chi connectivity index (χ4v) is 2.41. The van der Waals surface area contributed by atoms with E-state index < -0.39 is 9.85 Å². The van der Waals surface area contributed by atoms with Gasteiger partial charge in [-0.3, -0.25) is 30.2 Å². The first kappa shape index (κ1) is 20.1. The van der Waals surface area contributed by atoms with Gasteiger partial charge in [-0.1, -0.05) is 24.3 Å². The third-order valence-electron chi connectivity index (χ3n) is 3.98. The van der Waals surface area contributed by atoms with Crippen LogP contribution in [0.3, 0.4) is 0 Å². The summed E-state index contributed by atoms with van der Waals surface area (Å²) in [7, 11) is 0. The Labute approximate surface area is 169 Å². The van der Waals surface area contributed by atoms with Crippen molar-refractivity contribution >= 4 is 35.2 Å². The summed E-state index contributed by atoms with van der Waals surface area (Å²) in [6, 6.07) is 13.9. The lowest BCUT2D eigenvalue weighted by Crippen LogP contribution is -1.88. The lowest BCUT2D eigenvalue weighted by molar-refractivity contribution is -0.385. The lowest BCUT2D eigenvalue weighted by Gasteiger charge is -2.00. The molecule has 3 aromatic carbocycles. The molecule has 0 fully saturated rings. The second-order valence-corrected chi connectivity index (χ2v) is 6.04. The van der Waals surface area contributed by atoms with E-state index in [1.54, 1.807) is 24.3 Å². The Morgan fingerprint density at radius 1 is 0.667 bits per heavy atom. The van der Waals surface area contributed by atoms with Crippen molar-refractivity contribution < 1.29 is 20.1 Å². The van der Waals surface area contributed by atoms with Gasteiger partial charge in [-0.05, 0) is 23.3 Å². The molecule has 3 aromatic rings. The summed E-state index contributed by atoms with van der Waals surface area (Å²) in [4.78, 5) is 28.6. The van der Waals surface area contributed by atoms with Gasteiger partial charge < -0.3 is 10.2 Å². The van der Waals surface area contributed by atoms with E-state index >= 15 is 0 Å². The highest BCUT2D eigenvalue weighted by atomic mass is 16.6. The van der Waals surface area contributed by atoms with Gasteiger partial charge in [0.1, 0.15) is 22.9 Å². The monoisotopic (exact) mass is 406 g/mol. The van der Waals surface area contributed by atoms with Gasteiger partial charge in [0.25, 0.3) is 11.4 Å². The zero-order valence-corrected chi connectivity index (χ0v) is 15.2. The number of benzene rings is 3. The highest BCUT2D eigenvalue weighted by molar-refractivity contribution is 5.87. The molecule has 0 heterocycles. The molecule has 2 N–H and O–H groups in total. The summed E-state index contributed by atoms with van der Waals surface area (Å²) in [5, 5.41) is 41.2. The first-order chi connectivity index (χ1) is 14.3.